The van der Waals surface area contributed by atoms with E-state index in [1.807, 2.05) is 37.0 Å². The monoisotopic (exact) mass is 347 g/mol. The van der Waals surface area contributed by atoms with Crippen molar-refractivity contribution in [3.63, 3.8) is 0 Å². The molecule has 0 saturated heterocycles. The summed E-state index contributed by atoms with van der Waals surface area (Å²) in [6.07, 6.45) is 4.41. The number of hydrogen-bond donors (Lipinski definition) is 0. The van der Waals surface area contributed by atoms with E-state index in [4.69, 9.17) is 5.10 Å². The zero-order valence-corrected chi connectivity index (χ0v) is 14.2. The Morgan fingerprint density at radius 2 is 2.08 bits per heavy atom. The van der Waals surface area contributed by atoms with Gasteiger partial charge in [-0.15, -0.1) is 21.5 Å². The molecule has 0 aliphatic heterocycles. The second-order valence-electron chi connectivity index (χ2n) is 5.84. The van der Waals surface area contributed by atoms with Gasteiger partial charge in [0, 0.05) is 25.2 Å². The van der Waals surface area contributed by atoms with Crippen molar-refractivity contribution in [1.29, 1.82) is 0 Å². The minimum Gasteiger partial charge on any atom is -0.275 e. The first kappa shape index (κ1) is 14.2. The number of fused-ring (bicyclic) bond motifs is 2. The predicted octanol–water partition coefficient (Wildman–Crippen LogP) is 2.73. The summed E-state index contributed by atoms with van der Waals surface area (Å²) in [7, 11) is 1.89. The molecule has 7 nitrogen and oxygen atoms in total. The van der Waals surface area contributed by atoms with Crippen LogP contribution in [0.2, 0.25) is 0 Å². The van der Waals surface area contributed by atoms with Gasteiger partial charge in [0.15, 0.2) is 11.5 Å². The third-order valence-electron chi connectivity index (χ3n) is 4.09. The Morgan fingerprint density at radius 3 is 2.96 bits per heavy atom. The lowest BCUT2D eigenvalue weighted by Crippen LogP contribution is -2.01. The summed E-state index contributed by atoms with van der Waals surface area (Å²) in [4.78, 5) is 4.32. The van der Waals surface area contributed by atoms with E-state index in [0.717, 1.165) is 28.2 Å². The Kier molecular flexibility index (Phi) is 3.10. The summed E-state index contributed by atoms with van der Waals surface area (Å²) in [5.74, 6) is 0.810. The number of aromatic nitrogens is 7. The Hall–Kier alpha value is -3.13. The standard InChI is InChI=1S/C17H13N7S/c1-23-9-12(8-19-23)13-4-5-16-20-21-17(24(16)22-13)7-11-2-3-14-15(6-11)25-10-18-14/h2-6,8-10H,7H2,1H3. The molecule has 0 spiro atoms. The van der Waals surface area contributed by atoms with Crippen molar-refractivity contribution in [2.45, 2.75) is 6.42 Å². The molecule has 4 aromatic heterocycles. The molecule has 0 saturated carbocycles. The van der Waals surface area contributed by atoms with Crippen LogP contribution in [0.4, 0.5) is 0 Å². The zero-order chi connectivity index (χ0) is 16.8. The molecule has 0 amide bonds. The molecule has 0 unspecified atom stereocenters. The molecule has 8 heteroatoms. The quantitative estimate of drug-likeness (QED) is 0.502. The van der Waals surface area contributed by atoms with Crippen LogP contribution in [0, 0.1) is 0 Å². The fourth-order valence-corrected chi connectivity index (χ4v) is 3.58. The van der Waals surface area contributed by atoms with Crippen LogP contribution < -0.4 is 0 Å². The van der Waals surface area contributed by atoms with Gasteiger partial charge < -0.3 is 0 Å². The fourth-order valence-electron chi connectivity index (χ4n) is 2.84. The van der Waals surface area contributed by atoms with Gasteiger partial charge in [-0.3, -0.25) is 4.68 Å². The first-order chi connectivity index (χ1) is 12.3. The number of thiazole rings is 1. The molecule has 0 bridgehead atoms. The van der Waals surface area contributed by atoms with Crippen LogP contribution >= 0.6 is 11.3 Å². The van der Waals surface area contributed by atoms with Gasteiger partial charge in [0.05, 0.1) is 27.6 Å². The molecular formula is C17H13N7S. The maximum absolute atomic E-state index is 4.70. The highest BCUT2D eigenvalue weighted by Gasteiger charge is 2.11. The smallest absolute Gasteiger partial charge is 0.177 e. The number of aryl methyl sites for hydroxylation is 1. The van der Waals surface area contributed by atoms with E-state index in [1.54, 1.807) is 26.7 Å². The van der Waals surface area contributed by atoms with Gasteiger partial charge in [-0.25, -0.2) is 4.98 Å². The Labute approximate surface area is 146 Å². The van der Waals surface area contributed by atoms with Crippen molar-refractivity contribution in [1.82, 2.24) is 34.6 Å². The van der Waals surface area contributed by atoms with Crippen molar-refractivity contribution in [3.8, 4) is 11.3 Å². The Balaban J connectivity index is 1.56. The number of hydrogen-bond acceptors (Lipinski definition) is 6. The minimum atomic E-state index is 0.665. The number of rotatable bonds is 3. The van der Waals surface area contributed by atoms with Gasteiger partial charge in [0.1, 0.15) is 0 Å². The van der Waals surface area contributed by atoms with Crippen molar-refractivity contribution in [3.05, 3.63) is 59.6 Å². The SMILES string of the molecule is Cn1cc(-c2ccc3nnc(Cc4ccc5ncsc5c4)n3n2)cn1. The van der Waals surface area contributed by atoms with E-state index in [0.29, 0.717) is 6.42 Å². The molecule has 0 radical (unpaired) electrons. The molecule has 122 valence electrons. The Bertz CT molecular complexity index is 1200. The first-order valence-electron chi connectivity index (χ1n) is 7.79. The number of nitrogens with zero attached hydrogens (tertiary/aromatic N) is 7. The molecule has 0 N–H and O–H groups in total. The average Bonchev–Trinajstić information content (AvgIpc) is 3.34. The van der Waals surface area contributed by atoms with E-state index in [9.17, 15) is 0 Å². The second kappa shape index (κ2) is 5.45. The Morgan fingerprint density at radius 1 is 1.12 bits per heavy atom. The maximum atomic E-state index is 4.70. The van der Waals surface area contributed by atoms with E-state index in [2.05, 4.69) is 32.4 Å². The summed E-state index contributed by atoms with van der Waals surface area (Å²) in [5, 5.41) is 17.4. The molecule has 0 fully saturated rings. The first-order valence-corrected chi connectivity index (χ1v) is 8.67. The fraction of sp³-hybridized carbons (Fsp3) is 0.118. The zero-order valence-electron chi connectivity index (χ0n) is 13.4. The van der Waals surface area contributed by atoms with Crippen LogP contribution in [-0.4, -0.2) is 34.6 Å². The van der Waals surface area contributed by atoms with Crippen molar-refractivity contribution in [2.75, 3.05) is 0 Å². The van der Waals surface area contributed by atoms with Gasteiger partial charge in [-0.05, 0) is 29.8 Å². The normalized spacial score (nSPS) is 11.6. The predicted molar refractivity (Wildman–Crippen MR) is 95.4 cm³/mol. The van der Waals surface area contributed by atoms with Crippen LogP contribution in [-0.2, 0) is 13.5 Å². The molecule has 0 aliphatic carbocycles. The highest BCUT2D eigenvalue weighted by atomic mass is 32.1. The average molecular weight is 347 g/mol. The summed E-state index contributed by atoms with van der Waals surface area (Å²) in [6.45, 7) is 0. The van der Waals surface area contributed by atoms with Crippen LogP contribution in [0.3, 0.4) is 0 Å². The molecule has 5 rings (SSSR count). The lowest BCUT2D eigenvalue weighted by atomic mass is 10.1. The lowest BCUT2D eigenvalue weighted by molar-refractivity contribution is 0.768. The largest absolute Gasteiger partial charge is 0.275 e. The highest BCUT2D eigenvalue weighted by Crippen LogP contribution is 2.21. The van der Waals surface area contributed by atoms with Crippen LogP contribution in [0.15, 0.2) is 48.2 Å². The van der Waals surface area contributed by atoms with Gasteiger partial charge >= 0.3 is 0 Å². The molecule has 0 aliphatic rings. The molecular weight excluding hydrogens is 334 g/mol. The third kappa shape index (κ3) is 2.47. The molecule has 0 atom stereocenters. The minimum absolute atomic E-state index is 0.665. The van der Waals surface area contributed by atoms with E-state index >= 15 is 0 Å². The van der Waals surface area contributed by atoms with Gasteiger partial charge in [0.25, 0.3) is 0 Å². The van der Waals surface area contributed by atoms with Crippen LogP contribution in [0.5, 0.6) is 0 Å². The molecule has 25 heavy (non-hydrogen) atoms. The highest BCUT2D eigenvalue weighted by molar-refractivity contribution is 7.16. The van der Waals surface area contributed by atoms with Gasteiger partial charge in [-0.2, -0.15) is 14.7 Å². The van der Waals surface area contributed by atoms with Crippen molar-refractivity contribution < 1.29 is 0 Å². The van der Waals surface area contributed by atoms with E-state index in [1.165, 1.54) is 10.3 Å². The van der Waals surface area contributed by atoms with Gasteiger partial charge in [0.2, 0.25) is 0 Å². The van der Waals surface area contributed by atoms with Gasteiger partial charge in [-0.1, -0.05) is 6.07 Å². The van der Waals surface area contributed by atoms with Crippen molar-refractivity contribution in [2.24, 2.45) is 7.05 Å². The maximum Gasteiger partial charge on any atom is 0.177 e. The summed E-state index contributed by atoms with van der Waals surface area (Å²) in [6, 6.07) is 10.1. The molecule has 1 aromatic carbocycles. The second-order valence-corrected chi connectivity index (χ2v) is 6.73. The van der Waals surface area contributed by atoms with E-state index in [-0.39, 0.29) is 0 Å². The summed E-state index contributed by atoms with van der Waals surface area (Å²) in [5.41, 5.74) is 6.61. The third-order valence-corrected chi connectivity index (χ3v) is 4.88. The number of benzene rings is 1. The van der Waals surface area contributed by atoms with Crippen molar-refractivity contribution >= 4 is 27.2 Å². The van der Waals surface area contributed by atoms with Crippen LogP contribution in [0.1, 0.15) is 11.4 Å². The summed E-state index contributed by atoms with van der Waals surface area (Å²) < 4.78 is 4.74. The lowest BCUT2D eigenvalue weighted by Gasteiger charge is -2.02. The topological polar surface area (TPSA) is 73.8 Å². The summed E-state index contributed by atoms with van der Waals surface area (Å²) >= 11 is 1.64. The molecule has 5 aromatic rings. The van der Waals surface area contributed by atoms with Crippen LogP contribution in [0.25, 0.3) is 27.1 Å². The molecule has 4 heterocycles. The van der Waals surface area contributed by atoms with E-state index < -0.39 is 0 Å².